The van der Waals surface area contributed by atoms with Crippen LogP contribution in [0.3, 0.4) is 0 Å². The van der Waals surface area contributed by atoms with Gasteiger partial charge < -0.3 is 26.0 Å². The van der Waals surface area contributed by atoms with Crippen molar-refractivity contribution in [3.8, 4) is 0 Å². The Morgan fingerprint density at radius 3 is 2.24 bits per heavy atom. The summed E-state index contributed by atoms with van der Waals surface area (Å²) in [6.45, 7) is 12.5. The number of rotatable bonds is 5. The molecule has 3 amide bonds. The summed E-state index contributed by atoms with van der Waals surface area (Å²) in [4.78, 5) is 25.0. The number of benzene rings is 1. The number of urea groups is 1. The van der Waals surface area contributed by atoms with Crippen molar-refractivity contribution in [1.29, 1.82) is 0 Å². The minimum absolute atomic E-state index is 0.342. The molecule has 140 valence electrons. The molecule has 7 heteroatoms. The average molecular weight is 350 g/mol. The Labute approximate surface area is 149 Å². The standard InChI is InChI=1S/C18H30N4O3/c1-17(2,3)22(16(24)25-18(4,5)6)11-10-20-13-8-7-9-14(12-13)21-15(19)23/h7-9,12,20H,10-11H2,1-6H3,(H3,19,21,23). The third kappa shape index (κ3) is 7.78. The van der Waals surface area contributed by atoms with E-state index in [1.807, 2.05) is 53.7 Å². The topological polar surface area (TPSA) is 96.7 Å². The molecule has 0 aliphatic rings. The molecule has 0 bridgehead atoms. The van der Waals surface area contributed by atoms with E-state index in [0.29, 0.717) is 18.8 Å². The summed E-state index contributed by atoms with van der Waals surface area (Å²) >= 11 is 0. The molecule has 1 rings (SSSR count). The first-order chi connectivity index (χ1) is 11.4. The highest BCUT2D eigenvalue weighted by molar-refractivity contribution is 5.88. The largest absolute Gasteiger partial charge is 0.444 e. The van der Waals surface area contributed by atoms with E-state index in [1.165, 1.54) is 0 Å². The highest BCUT2D eigenvalue weighted by Crippen LogP contribution is 2.19. The lowest BCUT2D eigenvalue weighted by Gasteiger charge is -2.37. The Balaban J connectivity index is 2.69. The normalized spacial score (nSPS) is 11.6. The molecular formula is C18H30N4O3. The van der Waals surface area contributed by atoms with Gasteiger partial charge in [0.25, 0.3) is 0 Å². The molecule has 0 aromatic heterocycles. The highest BCUT2D eigenvalue weighted by atomic mass is 16.6. The van der Waals surface area contributed by atoms with Gasteiger partial charge in [-0.15, -0.1) is 0 Å². The van der Waals surface area contributed by atoms with Gasteiger partial charge in [0, 0.05) is 30.0 Å². The van der Waals surface area contributed by atoms with E-state index in [4.69, 9.17) is 10.5 Å². The van der Waals surface area contributed by atoms with E-state index in [1.54, 1.807) is 17.0 Å². The third-order valence-corrected chi connectivity index (χ3v) is 3.22. The molecule has 4 N–H and O–H groups in total. The zero-order chi connectivity index (χ0) is 19.3. The van der Waals surface area contributed by atoms with Gasteiger partial charge in [0.15, 0.2) is 0 Å². The Morgan fingerprint density at radius 2 is 1.72 bits per heavy atom. The van der Waals surface area contributed by atoms with Gasteiger partial charge in [0.2, 0.25) is 0 Å². The lowest BCUT2D eigenvalue weighted by Crippen LogP contribution is -2.49. The van der Waals surface area contributed by atoms with Crippen molar-refractivity contribution >= 4 is 23.5 Å². The molecule has 0 fully saturated rings. The van der Waals surface area contributed by atoms with E-state index in [0.717, 1.165) is 5.69 Å². The van der Waals surface area contributed by atoms with Gasteiger partial charge in [0.1, 0.15) is 5.60 Å². The zero-order valence-electron chi connectivity index (χ0n) is 16.0. The molecular weight excluding hydrogens is 320 g/mol. The number of amides is 3. The number of nitrogens with zero attached hydrogens (tertiary/aromatic N) is 1. The minimum atomic E-state index is -0.610. The van der Waals surface area contributed by atoms with Crippen LogP contribution in [0.2, 0.25) is 0 Å². The molecule has 0 saturated carbocycles. The summed E-state index contributed by atoms with van der Waals surface area (Å²) in [6.07, 6.45) is -0.342. The first-order valence-corrected chi connectivity index (χ1v) is 8.29. The predicted molar refractivity (Wildman–Crippen MR) is 101 cm³/mol. The van der Waals surface area contributed by atoms with E-state index in [2.05, 4.69) is 10.6 Å². The van der Waals surface area contributed by atoms with Gasteiger partial charge in [0.05, 0.1) is 0 Å². The number of hydrogen-bond donors (Lipinski definition) is 3. The maximum absolute atomic E-state index is 12.4. The summed E-state index contributed by atoms with van der Waals surface area (Å²) in [7, 11) is 0. The number of anilines is 2. The van der Waals surface area contributed by atoms with Gasteiger partial charge in [-0.2, -0.15) is 0 Å². The number of nitrogens with one attached hydrogen (secondary N) is 2. The lowest BCUT2D eigenvalue weighted by molar-refractivity contribution is 0.00749. The van der Waals surface area contributed by atoms with Crippen LogP contribution in [0, 0.1) is 0 Å². The molecule has 0 radical (unpaired) electrons. The van der Waals surface area contributed by atoms with Gasteiger partial charge >= 0.3 is 12.1 Å². The first-order valence-electron chi connectivity index (χ1n) is 8.29. The molecule has 0 spiro atoms. The monoisotopic (exact) mass is 350 g/mol. The van der Waals surface area contributed by atoms with Crippen molar-refractivity contribution in [3.63, 3.8) is 0 Å². The molecule has 1 aromatic carbocycles. The Bertz CT molecular complexity index is 603. The van der Waals surface area contributed by atoms with E-state index < -0.39 is 11.6 Å². The van der Waals surface area contributed by atoms with Gasteiger partial charge in [-0.3, -0.25) is 0 Å². The number of primary amides is 1. The quantitative estimate of drug-likeness (QED) is 0.755. The van der Waals surface area contributed by atoms with Gasteiger partial charge in [-0.05, 0) is 59.7 Å². The molecule has 25 heavy (non-hydrogen) atoms. The van der Waals surface area contributed by atoms with Crippen LogP contribution in [-0.4, -0.2) is 41.3 Å². The second-order valence-corrected chi connectivity index (χ2v) is 7.80. The maximum atomic E-state index is 12.4. The third-order valence-electron chi connectivity index (χ3n) is 3.22. The second-order valence-electron chi connectivity index (χ2n) is 7.80. The first kappa shape index (κ1) is 20.6. The summed E-state index contributed by atoms with van der Waals surface area (Å²) in [6, 6.07) is 6.60. The molecule has 0 heterocycles. The van der Waals surface area contributed by atoms with Crippen LogP contribution in [-0.2, 0) is 4.74 Å². The molecule has 0 atom stereocenters. The van der Waals surface area contributed by atoms with Crippen LogP contribution in [0.25, 0.3) is 0 Å². The number of carbonyl (C=O) groups excluding carboxylic acids is 2. The molecule has 0 aliphatic heterocycles. The second kappa shape index (κ2) is 8.09. The van der Waals surface area contributed by atoms with Crippen molar-refractivity contribution in [2.45, 2.75) is 52.7 Å². The fourth-order valence-corrected chi connectivity index (χ4v) is 2.18. The Hall–Kier alpha value is -2.44. The summed E-state index contributed by atoms with van der Waals surface area (Å²) in [5.74, 6) is 0. The van der Waals surface area contributed by atoms with Crippen molar-refractivity contribution in [3.05, 3.63) is 24.3 Å². The average Bonchev–Trinajstić information content (AvgIpc) is 2.39. The maximum Gasteiger partial charge on any atom is 0.410 e. The summed E-state index contributed by atoms with van der Waals surface area (Å²) in [5.41, 5.74) is 5.65. The molecule has 0 aliphatic carbocycles. The molecule has 7 nitrogen and oxygen atoms in total. The van der Waals surface area contributed by atoms with Gasteiger partial charge in [-0.25, -0.2) is 9.59 Å². The van der Waals surface area contributed by atoms with Gasteiger partial charge in [-0.1, -0.05) is 6.07 Å². The van der Waals surface area contributed by atoms with Crippen LogP contribution < -0.4 is 16.4 Å². The number of ether oxygens (including phenoxy) is 1. The highest BCUT2D eigenvalue weighted by Gasteiger charge is 2.30. The molecule has 0 unspecified atom stereocenters. The van der Waals surface area contributed by atoms with E-state index in [-0.39, 0.29) is 11.6 Å². The molecule has 0 saturated heterocycles. The summed E-state index contributed by atoms with van der Waals surface area (Å²) < 4.78 is 5.49. The van der Waals surface area contributed by atoms with Crippen LogP contribution >= 0.6 is 0 Å². The van der Waals surface area contributed by atoms with Crippen molar-refractivity contribution in [2.24, 2.45) is 5.73 Å². The van der Waals surface area contributed by atoms with Crippen molar-refractivity contribution in [1.82, 2.24) is 4.90 Å². The number of nitrogens with two attached hydrogens (primary N) is 1. The number of hydrogen-bond acceptors (Lipinski definition) is 4. The fourth-order valence-electron chi connectivity index (χ4n) is 2.18. The van der Waals surface area contributed by atoms with Crippen molar-refractivity contribution in [2.75, 3.05) is 23.7 Å². The number of carbonyl (C=O) groups is 2. The van der Waals surface area contributed by atoms with Crippen LogP contribution in [0.15, 0.2) is 24.3 Å². The Kier molecular flexibility index (Phi) is 6.67. The van der Waals surface area contributed by atoms with E-state index in [9.17, 15) is 9.59 Å². The summed E-state index contributed by atoms with van der Waals surface area (Å²) in [5, 5.41) is 5.76. The Morgan fingerprint density at radius 1 is 1.12 bits per heavy atom. The van der Waals surface area contributed by atoms with Crippen molar-refractivity contribution < 1.29 is 14.3 Å². The molecule has 1 aromatic rings. The SMILES string of the molecule is CC(C)(C)OC(=O)N(CCNc1cccc(NC(N)=O)c1)C(C)(C)C. The lowest BCUT2D eigenvalue weighted by atomic mass is 10.1. The zero-order valence-corrected chi connectivity index (χ0v) is 16.0. The van der Waals surface area contributed by atoms with E-state index >= 15 is 0 Å². The minimum Gasteiger partial charge on any atom is -0.444 e. The van der Waals surface area contributed by atoms with Crippen LogP contribution in [0.5, 0.6) is 0 Å². The fraction of sp³-hybridized carbons (Fsp3) is 0.556. The van der Waals surface area contributed by atoms with Crippen LogP contribution in [0.4, 0.5) is 21.0 Å². The van der Waals surface area contributed by atoms with Crippen LogP contribution in [0.1, 0.15) is 41.5 Å². The smallest absolute Gasteiger partial charge is 0.410 e. The predicted octanol–water partition coefficient (Wildman–Crippen LogP) is 3.62.